The first-order valence-corrected chi connectivity index (χ1v) is 4.27. The lowest BCUT2D eigenvalue weighted by molar-refractivity contribution is -0.110. The summed E-state index contributed by atoms with van der Waals surface area (Å²) in [6.45, 7) is 3.68. The van der Waals surface area contributed by atoms with Crippen LogP contribution in [0.5, 0.6) is 0 Å². The van der Waals surface area contributed by atoms with Crippen molar-refractivity contribution >= 4 is 6.29 Å². The molecule has 0 saturated carbocycles. The second kappa shape index (κ2) is 4.03. The Hall–Kier alpha value is -1.38. The van der Waals surface area contributed by atoms with Crippen LogP contribution in [-0.4, -0.2) is 11.3 Å². The molecule has 3 nitrogen and oxygen atoms in total. The molecule has 0 amide bonds. The molecule has 0 radical (unpaired) electrons. The summed E-state index contributed by atoms with van der Waals surface area (Å²) in [6.07, 6.45) is 3.00. The van der Waals surface area contributed by atoms with Gasteiger partial charge in [0.15, 0.2) is 0 Å². The SMILES string of the molecule is Cc1cc[nH]c(=O)c1CC(C)C=O. The molecule has 0 spiro atoms. The van der Waals surface area contributed by atoms with Gasteiger partial charge in [-0.15, -0.1) is 0 Å². The number of aromatic nitrogens is 1. The number of carbonyl (C=O) groups is 1. The van der Waals surface area contributed by atoms with Crippen LogP contribution in [0.3, 0.4) is 0 Å². The average molecular weight is 179 g/mol. The van der Waals surface area contributed by atoms with Gasteiger partial charge in [0, 0.05) is 17.7 Å². The molecule has 3 heteroatoms. The fourth-order valence-electron chi connectivity index (χ4n) is 1.23. The second-order valence-corrected chi connectivity index (χ2v) is 3.29. The van der Waals surface area contributed by atoms with E-state index in [4.69, 9.17) is 0 Å². The average Bonchev–Trinajstić information content (AvgIpc) is 2.11. The Morgan fingerprint density at radius 2 is 2.31 bits per heavy atom. The minimum Gasteiger partial charge on any atom is -0.329 e. The maximum Gasteiger partial charge on any atom is 0.251 e. The fraction of sp³-hybridized carbons (Fsp3) is 0.400. The van der Waals surface area contributed by atoms with Gasteiger partial charge in [-0.2, -0.15) is 0 Å². The summed E-state index contributed by atoms with van der Waals surface area (Å²) in [5.41, 5.74) is 1.56. The summed E-state index contributed by atoms with van der Waals surface area (Å²) in [5, 5.41) is 0. The third-order valence-corrected chi connectivity index (χ3v) is 2.06. The lowest BCUT2D eigenvalue weighted by atomic mass is 10.0. The summed E-state index contributed by atoms with van der Waals surface area (Å²) in [7, 11) is 0. The van der Waals surface area contributed by atoms with Crippen LogP contribution in [0.1, 0.15) is 18.1 Å². The molecule has 0 aromatic carbocycles. The summed E-state index contributed by atoms with van der Waals surface area (Å²) in [6, 6.07) is 1.84. The van der Waals surface area contributed by atoms with Gasteiger partial charge in [0.2, 0.25) is 0 Å². The molecule has 1 rings (SSSR count). The Balaban J connectivity index is 3.00. The summed E-state index contributed by atoms with van der Waals surface area (Å²) >= 11 is 0. The molecule has 1 aromatic heterocycles. The highest BCUT2D eigenvalue weighted by Gasteiger charge is 2.07. The second-order valence-electron chi connectivity index (χ2n) is 3.29. The molecular formula is C10H13NO2. The summed E-state index contributed by atoms with van der Waals surface area (Å²) in [5.74, 6) is -0.0952. The van der Waals surface area contributed by atoms with Gasteiger partial charge < -0.3 is 9.78 Å². The quantitative estimate of drug-likeness (QED) is 0.705. The fourth-order valence-corrected chi connectivity index (χ4v) is 1.23. The highest BCUT2D eigenvalue weighted by molar-refractivity contribution is 5.53. The van der Waals surface area contributed by atoms with Crippen molar-refractivity contribution in [3.63, 3.8) is 0 Å². The van der Waals surface area contributed by atoms with E-state index in [1.165, 1.54) is 0 Å². The van der Waals surface area contributed by atoms with Crippen LogP contribution < -0.4 is 5.56 Å². The van der Waals surface area contributed by atoms with E-state index in [2.05, 4.69) is 4.98 Å². The Labute approximate surface area is 76.8 Å². The normalized spacial score (nSPS) is 12.5. The zero-order chi connectivity index (χ0) is 9.84. The first-order chi connectivity index (χ1) is 6.15. The summed E-state index contributed by atoms with van der Waals surface area (Å²) in [4.78, 5) is 24.3. The van der Waals surface area contributed by atoms with Crippen LogP contribution in [0, 0.1) is 12.8 Å². The molecule has 0 bridgehead atoms. The molecule has 1 heterocycles. The van der Waals surface area contributed by atoms with Crippen LogP contribution in [-0.2, 0) is 11.2 Å². The van der Waals surface area contributed by atoms with Gasteiger partial charge in [-0.1, -0.05) is 6.92 Å². The van der Waals surface area contributed by atoms with Gasteiger partial charge >= 0.3 is 0 Å². The van der Waals surface area contributed by atoms with E-state index in [-0.39, 0.29) is 11.5 Å². The van der Waals surface area contributed by atoms with E-state index >= 15 is 0 Å². The number of hydrogen-bond donors (Lipinski definition) is 1. The van der Waals surface area contributed by atoms with Crippen molar-refractivity contribution in [2.75, 3.05) is 0 Å². The van der Waals surface area contributed by atoms with E-state index in [0.717, 1.165) is 11.8 Å². The van der Waals surface area contributed by atoms with Gasteiger partial charge in [-0.25, -0.2) is 0 Å². The van der Waals surface area contributed by atoms with E-state index in [1.807, 2.05) is 13.0 Å². The topological polar surface area (TPSA) is 49.9 Å². The number of aryl methyl sites for hydroxylation is 1. The predicted octanol–water partition coefficient (Wildman–Crippen LogP) is 1.06. The predicted molar refractivity (Wildman–Crippen MR) is 50.7 cm³/mol. The van der Waals surface area contributed by atoms with Gasteiger partial charge in [-0.3, -0.25) is 4.79 Å². The monoisotopic (exact) mass is 179 g/mol. The van der Waals surface area contributed by atoms with Crippen molar-refractivity contribution in [2.45, 2.75) is 20.3 Å². The largest absolute Gasteiger partial charge is 0.329 e. The van der Waals surface area contributed by atoms with Crippen molar-refractivity contribution in [2.24, 2.45) is 5.92 Å². The molecule has 13 heavy (non-hydrogen) atoms. The Morgan fingerprint density at radius 1 is 1.62 bits per heavy atom. The third-order valence-electron chi connectivity index (χ3n) is 2.06. The lowest BCUT2D eigenvalue weighted by Crippen LogP contribution is -2.16. The maximum absolute atomic E-state index is 11.3. The Bertz CT molecular complexity index is 354. The Kier molecular flexibility index (Phi) is 3.01. The Morgan fingerprint density at radius 3 is 2.85 bits per heavy atom. The molecule has 1 unspecified atom stereocenters. The molecule has 0 aliphatic heterocycles. The van der Waals surface area contributed by atoms with E-state index in [9.17, 15) is 9.59 Å². The number of aromatic amines is 1. The highest BCUT2D eigenvalue weighted by Crippen LogP contribution is 2.06. The van der Waals surface area contributed by atoms with Gasteiger partial charge in [0.05, 0.1) is 0 Å². The van der Waals surface area contributed by atoms with Gasteiger partial charge in [0.25, 0.3) is 5.56 Å². The maximum atomic E-state index is 11.3. The van der Waals surface area contributed by atoms with Crippen LogP contribution >= 0.6 is 0 Å². The lowest BCUT2D eigenvalue weighted by Gasteiger charge is -2.05. The molecule has 1 N–H and O–H groups in total. The summed E-state index contributed by atoms with van der Waals surface area (Å²) < 4.78 is 0. The van der Waals surface area contributed by atoms with Crippen LogP contribution in [0.25, 0.3) is 0 Å². The highest BCUT2D eigenvalue weighted by atomic mass is 16.1. The first kappa shape index (κ1) is 9.71. The first-order valence-electron chi connectivity index (χ1n) is 4.27. The zero-order valence-corrected chi connectivity index (χ0v) is 7.83. The molecule has 70 valence electrons. The standard InChI is InChI=1S/C10H13NO2/c1-7(6-12)5-9-8(2)3-4-11-10(9)13/h3-4,6-7H,5H2,1-2H3,(H,11,13). The van der Waals surface area contributed by atoms with E-state index < -0.39 is 0 Å². The third kappa shape index (κ3) is 2.28. The number of H-pyrrole nitrogens is 1. The number of carbonyl (C=O) groups excluding carboxylic acids is 1. The molecule has 0 aliphatic rings. The molecular weight excluding hydrogens is 166 g/mol. The zero-order valence-electron chi connectivity index (χ0n) is 7.83. The molecule has 1 atom stereocenters. The van der Waals surface area contributed by atoms with Crippen LogP contribution in [0.15, 0.2) is 17.1 Å². The number of aldehydes is 1. The van der Waals surface area contributed by atoms with Gasteiger partial charge in [0.1, 0.15) is 6.29 Å². The molecule has 0 fully saturated rings. The van der Waals surface area contributed by atoms with Crippen molar-refractivity contribution in [3.05, 3.63) is 33.7 Å². The van der Waals surface area contributed by atoms with Crippen molar-refractivity contribution in [3.8, 4) is 0 Å². The number of hydrogen-bond acceptors (Lipinski definition) is 2. The molecule has 0 saturated heterocycles. The molecule has 0 aliphatic carbocycles. The van der Waals surface area contributed by atoms with E-state index in [1.54, 1.807) is 13.1 Å². The van der Waals surface area contributed by atoms with Crippen LogP contribution in [0.4, 0.5) is 0 Å². The minimum absolute atomic E-state index is 0.0892. The number of nitrogens with one attached hydrogen (secondary N) is 1. The number of pyridine rings is 1. The van der Waals surface area contributed by atoms with E-state index in [0.29, 0.717) is 12.0 Å². The minimum atomic E-state index is -0.0952. The van der Waals surface area contributed by atoms with Crippen molar-refractivity contribution in [1.82, 2.24) is 4.98 Å². The number of rotatable bonds is 3. The van der Waals surface area contributed by atoms with Crippen LogP contribution in [0.2, 0.25) is 0 Å². The van der Waals surface area contributed by atoms with Crippen molar-refractivity contribution in [1.29, 1.82) is 0 Å². The van der Waals surface area contributed by atoms with Crippen molar-refractivity contribution < 1.29 is 4.79 Å². The smallest absolute Gasteiger partial charge is 0.251 e. The molecule has 1 aromatic rings. The van der Waals surface area contributed by atoms with Gasteiger partial charge in [-0.05, 0) is 25.0 Å².